The van der Waals surface area contributed by atoms with E-state index in [1.165, 1.54) is 11.1 Å². The number of benzene rings is 2. The van der Waals surface area contributed by atoms with Crippen LogP contribution in [-0.2, 0) is 13.0 Å². The molecule has 1 heterocycles. The van der Waals surface area contributed by atoms with Crippen LogP contribution < -0.4 is 14.8 Å². The first-order valence-electron chi connectivity index (χ1n) is 7.69. The summed E-state index contributed by atoms with van der Waals surface area (Å²) in [4.78, 5) is 0. The molecule has 0 bridgehead atoms. The Morgan fingerprint density at radius 1 is 1.23 bits per heavy atom. The summed E-state index contributed by atoms with van der Waals surface area (Å²) >= 11 is 0. The van der Waals surface area contributed by atoms with Gasteiger partial charge in [0.1, 0.15) is 24.2 Å². The lowest BCUT2D eigenvalue weighted by Crippen LogP contribution is -2.29. The van der Waals surface area contributed by atoms with Crippen LogP contribution in [0.15, 0.2) is 55.1 Å². The summed E-state index contributed by atoms with van der Waals surface area (Å²) in [5, 5.41) is 3.64. The van der Waals surface area contributed by atoms with Crippen LogP contribution in [0, 0.1) is 0 Å². The van der Waals surface area contributed by atoms with E-state index >= 15 is 0 Å². The molecule has 3 nitrogen and oxygen atoms in total. The Hall–Kier alpha value is -2.26. The average molecular weight is 293 g/mol. The van der Waals surface area contributed by atoms with Crippen LogP contribution >= 0.6 is 0 Å². The van der Waals surface area contributed by atoms with Gasteiger partial charge in [-0.2, -0.15) is 0 Å². The van der Waals surface area contributed by atoms with Gasteiger partial charge in [0.15, 0.2) is 0 Å². The van der Waals surface area contributed by atoms with E-state index in [2.05, 4.69) is 42.2 Å². The predicted octanol–water partition coefficient (Wildman–Crippen LogP) is 3.40. The molecule has 0 amide bonds. The lowest BCUT2D eigenvalue weighted by atomic mass is 10.1. The SMILES string of the molecule is C=CCOc1ccc2c(c1)CN[C@@H]1c3ccccc3C[C@@H]1O2. The van der Waals surface area contributed by atoms with Crippen LogP contribution in [0.1, 0.15) is 22.7 Å². The Labute approximate surface area is 130 Å². The first-order chi connectivity index (χ1) is 10.8. The molecule has 1 aliphatic carbocycles. The normalized spacial score (nSPS) is 21.8. The Bertz CT molecular complexity index is 710. The molecule has 2 aromatic rings. The maximum atomic E-state index is 6.28. The molecule has 1 N–H and O–H groups in total. The van der Waals surface area contributed by atoms with Gasteiger partial charge in [0.25, 0.3) is 0 Å². The Balaban J connectivity index is 1.60. The van der Waals surface area contributed by atoms with Crippen LogP contribution in [0.5, 0.6) is 11.5 Å². The number of hydrogen-bond acceptors (Lipinski definition) is 3. The zero-order chi connectivity index (χ0) is 14.9. The summed E-state index contributed by atoms with van der Waals surface area (Å²) in [7, 11) is 0. The third-order valence-electron chi connectivity index (χ3n) is 4.37. The summed E-state index contributed by atoms with van der Waals surface area (Å²) in [6.07, 6.45) is 2.88. The predicted molar refractivity (Wildman–Crippen MR) is 86.3 cm³/mol. The minimum Gasteiger partial charge on any atom is -0.490 e. The Morgan fingerprint density at radius 3 is 3.05 bits per heavy atom. The molecule has 22 heavy (non-hydrogen) atoms. The van der Waals surface area contributed by atoms with E-state index in [4.69, 9.17) is 9.47 Å². The van der Waals surface area contributed by atoms with Gasteiger partial charge in [-0.05, 0) is 29.3 Å². The summed E-state index contributed by atoms with van der Waals surface area (Å²) in [5.41, 5.74) is 3.90. The highest BCUT2D eigenvalue weighted by molar-refractivity contribution is 5.44. The second-order valence-corrected chi connectivity index (χ2v) is 5.79. The summed E-state index contributed by atoms with van der Waals surface area (Å²) < 4.78 is 11.9. The van der Waals surface area contributed by atoms with Gasteiger partial charge in [-0.1, -0.05) is 36.9 Å². The smallest absolute Gasteiger partial charge is 0.124 e. The van der Waals surface area contributed by atoms with Gasteiger partial charge in [0.05, 0.1) is 6.04 Å². The van der Waals surface area contributed by atoms with Crippen molar-refractivity contribution in [3.05, 3.63) is 71.8 Å². The summed E-state index contributed by atoms with van der Waals surface area (Å²) in [6.45, 7) is 4.98. The van der Waals surface area contributed by atoms with Gasteiger partial charge in [-0.15, -0.1) is 0 Å². The van der Waals surface area contributed by atoms with Gasteiger partial charge < -0.3 is 14.8 Å². The van der Waals surface area contributed by atoms with Crippen molar-refractivity contribution in [2.45, 2.75) is 25.1 Å². The highest BCUT2D eigenvalue weighted by Gasteiger charge is 2.35. The Morgan fingerprint density at radius 2 is 2.14 bits per heavy atom. The molecule has 3 heteroatoms. The van der Waals surface area contributed by atoms with Gasteiger partial charge in [-0.3, -0.25) is 0 Å². The molecule has 2 aromatic carbocycles. The van der Waals surface area contributed by atoms with Crippen LogP contribution in [0.4, 0.5) is 0 Å². The summed E-state index contributed by atoms with van der Waals surface area (Å²) in [5.74, 6) is 1.82. The molecule has 0 saturated heterocycles. The van der Waals surface area contributed by atoms with Crippen LogP contribution in [-0.4, -0.2) is 12.7 Å². The van der Waals surface area contributed by atoms with E-state index in [9.17, 15) is 0 Å². The van der Waals surface area contributed by atoms with Gasteiger partial charge >= 0.3 is 0 Å². The fourth-order valence-corrected chi connectivity index (χ4v) is 3.35. The highest BCUT2D eigenvalue weighted by Crippen LogP contribution is 2.38. The molecule has 0 radical (unpaired) electrons. The van der Waals surface area contributed by atoms with E-state index in [0.717, 1.165) is 30.0 Å². The quantitative estimate of drug-likeness (QED) is 0.880. The number of nitrogens with one attached hydrogen (secondary N) is 1. The third kappa shape index (κ3) is 2.28. The van der Waals surface area contributed by atoms with E-state index in [1.54, 1.807) is 6.08 Å². The molecule has 2 aliphatic rings. The molecule has 2 atom stereocenters. The molecule has 0 saturated carbocycles. The number of hydrogen-bond donors (Lipinski definition) is 1. The van der Waals surface area contributed by atoms with E-state index in [1.807, 2.05) is 12.1 Å². The van der Waals surface area contributed by atoms with Crippen molar-refractivity contribution in [2.24, 2.45) is 0 Å². The molecular formula is C19H19NO2. The van der Waals surface area contributed by atoms with Gasteiger partial charge in [-0.25, -0.2) is 0 Å². The van der Waals surface area contributed by atoms with Crippen LogP contribution in [0.25, 0.3) is 0 Å². The first kappa shape index (κ1) is 13.4. The Kier molecular flexibility index (Phi) is 3.35. The van der Waals surface area contributed by atoms with Crippen LogP contribution in [0.2, 0.25) is 0 Å². The number of rotatable bonds is 3. The van der Waals surface area contributed by atoms with Crippen molar-refractivity contribution in [1.82, 2.24) is 5.32 Å². The van der Waals surface area contributed by atoms with Crippen LogP contribution in [0.3, 0.4) is 0 Å². The average Bonchev–Trinajstić information content (AvgIpc) is 2.79. The lowest BCUT2D eigenvalue weighted by molar-refractivity contribution is 0.177. The van der Waals surface area contributed by atoms with Gasteiger partial charge in [0, 0.05) is 18.5 Å². The topological polar surface area (TPSA) is 30.5 Å². The fourth-order valence-electron chi connectivity index (χ4n) is 3.35. The number of ether oxygens (including phenoxy) is 2. The molecule has 0 fully saturated rings. The maximum Gasteiger partial charge on any atom is 0.124 e. The highest BCUT2D eigenvalue weighted by atomic mass is 16.5. The summed E-state index contributed by atoms with van der Waals surface area (Å²) in [6, 6.07) is 14.9. The minimum absolute atomic E-state index is 0.165. The minimum atomic E-state index is 0.165. The standard InChI is InChI=1S/C19H19NO2/c1-2-9-21-15-7-8-17-14(10-15)12-20-19-16-6-4-3-5-13(16)11-18(19)22-17/h2-8,10,18-20H,1,9,11-12H2/t18-,19+/m0/s1. The largest absolute Gasteiger partial charge is 0.490 e. The first-order valence-corrected chi connectivity index (χ1v) is 7.69. The van der Waals surface area contributed by atoms with E-state index in [-0.39, 0.29) is 12.1 Å². The second kappa shape index (κ2) is 5.50. The zero-order valence-electron chi connectivity index (χ0n) is 12.4. The van der Waals surface area contributed by atoms with Crippen molar-refractivity contribution in [2.75, 3.05) is 6.61 Å². The lowest BCUT2D eigenvalue weighted by Gasteiger charge is -2.19. The zero-order valence-corrected chi connectivity index (χ0v) is 12.4. The molecule has 0 unspecified atom stereocenters. The van der Waals surface area contributed by atoms with Crippen molar-refractivity contribution in [1.29, 1.82) is 0 Å². The fraction of sp³-hybridized carbons (Fsp3) is 0.263. The van der Waals surface area contributed by atoms with E-state index in [0.29, 0.717) is 6.61 Å². The maximum absolute atomic E-state index is 6.28. The third-order valence-corrected chi connectivity index (χ3v) is 4.37. The van der Waals surface area contributed by atoms with Crippen molar-refractivity contribution in [3.8, 4) is 11.5 Å². The molecule has 112 valence electrons. The molecule has 0 spiro atoms. The van der Waals surface area contributed by atoms with Crippen molar-refractivity contribution < 1.29 is 9.47 Å². The molecule has 1 aliphatic heterocycles. The van der Waals surface area contributed by atoms with Crippen molar-refractivity contribution in [3.63, 3.8) is 0 Å². The molecular weight excluding hydrogens is 274 g/mol. The molecule has 0 aromatic heterocycles. The molecule has 4 rings (SSSR count). The van der Waals surface area contributed by atoms with Crippen molar-refractivity contribution >= 4 is 0 Å². The number of fused-ring (bicyclic) bond motifs is 4. The van der Waals surface area contributed by atoms with E-state index < -0.39 is 0 Å². The van der Waals surface area contributed by atoms with Gasteiger partial charge in [0.2, 0.25) is 0 Å². The monoisotopic (exact) mass is 293 g/mol. The second-order valence-electron chi connectivity index (χ2n) is 5.79.